The van der Waals surface area contributed by atoms with Crippen molar-refractivity contribution < 1.29 is 18.4 Å². The van der Waals surface area contributed by atoms with Crippen molar-refractivity contribution in [2.24, 2.45) is 0 Å². The predicted octanol–water partition coefficient (Wildman–Crippen LogP) is 2.89. The Balaban J connectivity index is 1.81. The first-order valence-corrected chi connectivity index (χ1v) is 7.92. The van der Waals surface area contributed by atoms with Gasteiger partial charge in [-0.3, -0.25) is 9.59 Å². The summed E-state index contributed by atoms with van der Waals surface area (Å²) in [7, 11) is 0. The zero-order valence-corrected chi connectivity index (χ0v) is 14.0. The summed E-state index contributed by atoms with van der Waals surface area (Å²) in [4.78, 5) is 31.2. The highest BCUT2D eigenvalue weighted by molar-refractivity contribution is 6.30. The summed E-state index contributed by atoms with van der Waals surface area (Å²) in [6, 6.07) is 6.99. The number of carbonyl (C=O) groups excluding carboxylic acids is 2. The van der Waals surface area contributed by atoms with Crippen LogP contribution in [0.4, 0.5) is 14.5 Å². The highest BCUT2D eigenvalue weighted by Crippen LogP contribution is 2.23. The number of aromatic nitrogens is 1. The van der Waals surface area contributed by atoms with E-state index in [1.165, 1.54) is 4.90 Å². The van der Waals surface area contributed by atoms with Crippen LogP contribution in [-0.2, 0) is 4.79 Å². The Morgan fingerprint density at radius 3 is 2.60 bits per heavy atom. The zero-order chi connectivity index (χ0) is 18.1. The van der Waals surface area contributed by atoms with E-state index in [2.05, 4.69) is 4.98 Å². The summed E-state index contributed by atoms with van der Waals surface area (Å²) in [6.45, 7) is 1.77. The van der Waals surface area contributed by atoms with Gasteiger partial charge in [0.05, 0.1) is 6.20 Å². The van der Waals surface area contributed by atoms with E-state index in [1.54, 1.807) is 36.1 Å². The number of piperazine rings is 1. The first-order chi connectivity index (χ1) is 11.9. The van der Waals surface area contributed by atoms with Gasteiger partial charge in [-0.25, -0.2) is 13.8 Å². The average Bonchev–Trinajstić information content (AvgIpc) is 2.57. The van der Waals surface area contributed by atoms with Crippen molar-refractivity contribution in [2.75, 3.05) is 18.0 Å². The molecule has 1 aliphatic heterocycles. The fraction of sp³-hybridized carbons (Fsp3) is 0.235. The van der Waals surface area contributed by atoms with Gasteiger partial charge in [-0.1, -0.05) is 11.6 Å². The lowest BCUT2D eigenvalue weighted by Gasteiger charge is -2.39. The summed E-state index contributed by atoms with van der Waals surface area (Å²) >= 11 is 5.85. The fourth-order valence-corrected chi connectivity index (χ4v) is 2.83. The second-order valence-electron chi connectivity index (χ2n) is 5.75. The van der Waals surface area contributed by atoms with Crippen molar-refractivity contribution >= 4 is 29.1 Å². The van der Waals surface area contributed by atoms with E-state index in [0.29, 0.717) is 16.8 Å². The van der Waals surface area contributed by atoms with Gasteiger partial charge in [-0.2, -0.15) is 0 Å². The molecular formula is C17H14ClF2N3O2. The maximum Gasteiger partial charge on any atom is 0.276 e. The number of hydrogen-bond acceptors (Lipinski definition) is 3. The molecule has 0 aliphatic carbocycles. The zero-order valence-electron chi connectivity index (χ0n) is 13.2. The Morgan fingerprint density at radius 2 is 1.96 bits per heavy atom. The molecule has 0 unspecified atom stereocenters. The number of rotatable bonds is 2. The number of nitrogens with zero attached hydrogens (tertiary/aromatic N) is 3. The number of hydrogen-bond donors (Lipinski definition) is 0. The highest BCUT2D eigenvalue weighted by atomic mass is 35.5. The van der Waals surface area contributed by atoms with E-state index < -0.39 is 23.2 Å². The van der Waals surface area contributed by atoms with Gasteiger partial charge in [-0.15, -0.1) is 0 Å². The van der Waals surface area contributed by atoms with E-state index in [1.807, 2.05) is 0 Å². The van der Waals surface area contributed by atoms with Crippen LogP contribution in [0.5, 0.6) is 0 Å². The van der Waals surface area contributed by atoms with Crippen molar-refractivity contribution in [3.8, 4) is 0 Å². The summed E-state index contributed by atoms with van der Waals surface area (Å²) < 4.78 is 26.8. The molecule has 8 heteroatoms. The van der Waals surface area contributed by atoms with Crippen molar-refractivity contribution in [1.29, 1.82) is 0 Å². The van der Waals surface area contributed by atoms with Crippen LogP contribution < -0.4 is 4.90 Å². The highest BCUT2D eigenvalue weighted by Gasteiger charge is 2.35. The van der Waals surface area contributed by atoms with Crippen LogP contribution in [0.1, 0.15) is 17.4 Å². The summed E-state index contributed by atoms with van der Waals surface area (Å²) in [6.07, 6.45) is 0.771. The number of benzene rings is 1. The van der Waals surface area contributed by atoms with E-state index in [-0.39, 0.29) is 25.0 Å². The molecule has 0 bridgehead atoms. The van der Waals surface area contributed by atoms with Gasteiger partial charge in [0.25, 0.3) is 5.91 Å². The Morgan fingerprint density at radius 1 is 1.28 bits per heavy atom. The third-order valence-corrected chi connectivity index (χ3v) is 4.25. The lowest BCUT2D eigenvalue weighted by Crippen LogP contribution is -2.57. The lowest BCUT2D eigenvalue weighted by molar-refractivity contribution is -0.121. The SMILES string of the molecule is C[C@H]1CN(c2ccc(Cl)cc2)C(=O)CN1C(=O)c1ncc(F)cc1F. The third-order valence-electron chi connectivity index (χ3n) is 4.00. The molecule has 1 aromatic heterocycles. The normalized spacial score (nSPS) is 17.8. The van der Waals surface area contributed by atoms with E-state index in [4.69, 9.17) is 11.6 Å². The van der Waals surface area contributed by atoms with E-state index in [0.717, 1.165) is 6.20 Å². The van der Waals surface area contributed by atoms with Crippen LogP contribution >= 0.6 is 11.6 Å². The maximum atomic E-state index is 13.8. The van der Waals surface area contributed by atoms with Crippen LogP contribution in [0.25, 0.3) is 0 Å². The molecular weight excluding hydrogens is 352 g/mol. The van der Waals surface area contributed by atoms with Crippen LogP contribution in [0.15, 0.2) is 36.5 Å². The number of pyridine rings is 1. The van der Waals surface area contributed by atoms with Crippen molar-refractivity contribution in [3.05, 3.63) is 58.9 Å². The third kappa shape index (κ3) is 3.46. The first kappa shape index (κ1) is 17.3. The van der Waals surface area contributed by atoms with Crippen LogP contribution in [-0.4, -0.2) is 40.8 Å². The monoisotopic (exact) mass is 365 g/mol. The fourth-order valence-electron chi connectivity index (χ4n) is 2.70. The molecule has 0 saturated carbocycles. The molecule has 1 aromatic carbocycles. The van der Waals surface area contributed by atoms with Crippen molar-refractivity contribution in [3.63, 3.8) is 0 Å². The summed E-state index contributed by atoms with van der Waals surface area (Å²) in [5.41, 5.74) is 0.167. The Labute approximate surface area is 147 Å². The Kier molecular flexibility index (Phi) is 4.67. The van der Waals surface area contributed by atoms with Gasteiger partial charge in [0.1, 0.15) is 12.4 Å². The first-order valence-electron chi connectivity index (χ1n) is 7.55. The minimum Gasteiger partial charge on any atom is -0.323 e. The van der Waals surface area contributed by atoms with E-state index in [9.17, 15) is 18.4 Å². The van der Waals surface area contributed by atoms with Gasteiger partial charge in [0.15, 0.2) is 11.5 Å². The molecule has 1 saturated heterocycles. The molecule has 1 fully saturated rings. The molecule has 0 spiro atoms. The van der Waals surface area contributed by atoms with Crippen LogP contribution in [0.2, 0.25) is 5.02 Å². The van der Waals surface area contributed by atoms with Crippen LogP contribution in [0, 0.1) is 11.6 Å². The van der Waals surface area contributed by atoms with Crippen molar-refractivity contribution in [2.45, 2.75) is 13.0 Å². The number of carbonyl (C=O) groups is 2. The Hall–Kier alpha value is -2.54. The number of amides is 2. The van der Waals surface area contributed by atoms with Gasteiger partial charge in [0.2, 0.25) is 5.91 Å². The quantitative estimate of drug-likeness (QED) is 0.822. The topological polar surface area (TPSA) is 53.5 Å². The standard InChI is InChI=1S/C17H14ClF2N3O2/c1-10-8-23(13-4-2-11(18)3-5-13)15(24)9-22(10)17(25)16-14(20)6-12(19)7-21-16/h2-7,10H,8-9H2,1H3/t10-/m0/s1. The van der Waals surface area contributed by atoms with Crippen LogP contribution in [0.3, 0.4) is 0 Å². The van der Waals surface area contributed by atoms with Gasteiger partial charge < -0.3 is 9.80 Å². The Bertz CT molecular complexity index is 829. The van der Waals surface area contributed by atoms with E-state index >= 15 is 0 Å². The second kappa shape index (κ2) is 6.76. The predicted molar refractivity (Wildman–Crippen MR) is 88.5 cm³/mol. The lowest BCUT2D eigenvalue weighted by atomic mass is 10.1. The minimum atomic E-state index is -1.05. The van der Waals surface area contributed by atoms with Gasteiger partial charge >= 0.3 is 0 Å². The molecule has 2 heterocycles. The summed E-state index contributed by atoms with van der Waals surface area (Å²) in [5, 5.41) is 0.552. The minimum absolute atomic E-state index is 0.221. The largest absolute Gasteiger partial charge is 0.323 e. The summed E-state index contributed by atoms with van der Waals surface area (Å²) in [5.74, 6) is -2.97. The molecule has 1 atom stereocenters. The molecule has 0 radical (unpaired) electrons. The molecule has 5 nitrogen and oxygen atoms in total. The molecule has 25 heavy (non-hydrogen) atoms. The maximum absolute atomic E-state index is 13.8. The number of anilines is 1. The smallest absolute Gasteiger partial charge is 0.276 e. The molecule has 1 aliphatic rings. The number of halogens is 3. The van der Waals surface area contributed by atoms with Gasteiger partial charge in [-0.05, 0) is 31.2 Å². The average molecular weight is 366 g/mol. The molecule has 3 rings (SSSR count). The molecule has 2 amide bonds. The molecule has 130 valence electrons. The van der Waals surface area contributed by atoms with Gasteiger partial charge in [0, 0.05) is 29.4 Å². The molecule has 2 aromatic rings. The second-order valence-corrected chi connectivity index (χ2v) is 6.18. The van der Waals surface area contributed by atoms with Crippen molar-refractivity contribution in [1.82, 2.24) is 9.88 Å². The molecule has 0 N–H and O–H groups in total.